The summed E-state index contributed by atoms with van der Waals surface area (Å²) in [6.07, 6.45) is 2.01. The van der Waals surface area contributed by atoms with Crippen molar-refractivity contribution >= 4 is 11.9 Å². The molecular weight excluding hydrogens is 196 g/mol. The molecule has 1 rings (SSSR count). The highest BCUT2D eigenvalue weighted by molar-refractivity contribution is 5.88. The fourth-order valence-electron chi connectivity index (χ4n) is 1.11. The third-order valence-corrected chi connectivity index (χ3v) is 1.84. The molecule has 6 heteroatoms. The van der Waals surface area contributed by atoms with Gasteiger partial charge in [-0.1, -0.05) is 5.10 Å². The SMILES string of the molecule is Cc1nnc(NC(=O)CCCC(C)N)o1. The van der Waals surface area contributed by atoms with Gasteiger partial charge in [0.05, 0.1) is 0 Å². The van der Waals surface area contributed by atoms with Crippen molar-refractivity contribution in [3.63, 3.8) is 0 Å². The minimum atomic E-state index is -0.126. The van der Waals surface area contributed by atoms with E-state index in [-0.39, 0.29) is 18.0 Å². The normalized spacial score (nSPS) is 12.5. The molecule has 0 aromatic carbocycles. The summed E-state index contributed by atoms with van der Waals surface area (Å²) in [5.41, 5.74) is 5.56. The lowest BCUT2D eigenvalue weighted by Gasteiger charge is -2.03. The number of carbonyl (C=O) groups excluding carboxylic acids is 1. The van der Waals surface area contributed by atoms with E-state index >= 15 is 0 Å². The van der Waals surface area contributed by atoms with Crippen molar-refractivity contribution in [1.29, 1.82) is 0 Å². The summed E-state index contributed by atoms with van der Waals surface area (Å²) in [5.74, 6) is 0.306. The molecule has 0 fully saturated rings. The molecule has 0 radical (unpaired) electrons. The predicted octanol–water partition coefficient (Wildman–Crippen LogP) is 0.834. The van der Waals surface area contributed by atoms with Crippen LogP contribution in [0.1, 0.15) is 32.1 Å². The number of rotatable bonds is 5. The first-order valence-electron chi connectivity index (χ1n) is 4.93. The monoisotopic (exact) mass is 212 g/mol. The average Bonchev–Trinajstić information content (AvgIpc) is 2.50. The van der Waals surface area contributed by atoms with Gasteiger partial charge in [-0.05, 0) is 19.8 Å². The summed E-state index contributed by atoms with van der Waals surface area (Å²) in [6, 6.07) is 0.279. The Bertz CT molecular complexity index is 322. The largest absolute Gasteiger partial charge is 0.408 e. The number of carbonyl (C=O) groups is 1. The quantitative estimate of drug-likeness (QED) is 0.754. The van der Waals surface area contributed by atoms with Gasteiger partial charge in [-0.3, -0.25) is 10.1 Å². The lowest BCUT2D eigenvalue weighted by molar-refractivity contribution is -0.116. The zero-order chi connectivity index (χ0) is 11.3. The highest BCUT2D eigenvalue weighted by atomic mass is 16.4. The Hall–Kier alpha value is -1.43. The summed E-state index contributed by atoms with van der Waals surface area (Å²) < 4.78 is 5.00. The van der Waals surface area contributed by atoms with Gasteiger partial charge in [0.15, 0.2) is 0 Å². The maximum absolute atomic E-state index is 11.3. The molecule has 1 aromatic heterocycles. The number of aryl methyl sites for hydroxylation is 1. The molecule has 1 atom stereocenters. The lowest BCUT2D eigenvalue weighted by atomic mass is 10.1. The molecule has 1 amide bonds. The van der Waals surface area contributed by atoms with Gasteiger partial charge >= 0.3 is 6.01 Å². The molecule has 0 saturated carbocycles. The second-order valence-corrected chi connectivity index (χ2v) is 3.54. The summed E-state index contributed by atoms with van der Waals surface area (Å²) >= 11 is 0. The van der Waals surface area contributed by atoms with Gasteiger partial charge in [-0.25, -0.2) is 0 Å². The maximum atomic E-state index is 11.3. The van der Waals surface area contributed by atoms with Crippen LogP contribution < -0.4 is 11.1 Å². The van der Waals surface area contributed by atoms with Crippen LogP contribution in [-0.4, -0.2) is 22.1 Å². The number of hydrogen-bond donors (Lipinski definition) is 2. The number of amides is 1. The summed E-state index contributed by atoms with van der Waals surface area (Å²) in [5, 5.41) is 9.77. The minimum Gasteiger partial charge on any atom is -0.408 e. The van der Waals surface area contributed by atoms with E-state index in [2.05, 4.69) is 15.5 Å². The van der Waals surface area contributed by atoms with Crippen LogP contribution in [0.3, 0.4) is 0 Å². The predicted molar refractivity (Wildman–Crippen MR) is 55.2 cm³/mol. The Morgan fingerprint density at radius 2 is 2.33 bits per heavy atom. The number of nitrogens with one attached hydrogen (secondary N) is 1. The number of aromatic nitrogens is 2. The van der Waals surface area contributed by atoms with E-state index in [0.29, 0.717) is 12.3 Å². The molecule has 0 spiro atoms. The third kappa shape index (κ3) is 4.55. The molecule has 0 aliphatic heterocycles. The van der Waals surface area contributed by atoms with E-state index < -0.39 is 0 Å². The third-order valence-electron chi connectivity index (χ3n) is 1.84. The minimum absolute atomic E-state index is 0.126. The fourth-order valence-corrected chi connectivity index (χ4v) is 1.11. The Morgan fingerprint density at radius 3 is 2.87 bits per heavy atom. The van der Waals surface area contributed by atoms with Crippen LogP contribution in [0, 0.1) is 6.92 Å². The number of nitrogens with two attached hydrogens (primary N) is 1. The van der Waals surface area contributed by atoms with E-state index in [9.17, 15) is 4.79 Å². The first-order valence-corrected chi connectivity index (χ1v) is 4.93. The van der Waals surface area contributed by atoms with Gasteiger partial charge in [0.2, 0.25) is 11.8 Å². The van der Waals surface area contributed by atoms with E-state index in [0.717, 1.165) is 12.8 Å². The molecule has 0 aliphatic carbocycles. The zero-order valence-corrected chi connectivity index (χ0v) is 8.99. The van der Waals surface area contributed by atoms with Crippen LogP contribution in [0.15, 0.2) is 4.42 Å². The topological polar surface area (TPSA) is 94.0 Å². The Kier molecular flexibility index (Phi) is 4.23. The second kappa shape index (κ2) is 5.45. The smallest absolute Gasteiger partial charge is 0.322 e. The van der Waals surface area contributed by atoms with Gasteiger partial charge in [0.1, 0.15) is 0 Å². The number of anilines is 1. The van der Waals surface area contributed by atoms with Crippen molar-refractivity contribution in [2.45, 2.75) is 39.2 Å². The number of nitrogens with zero attached hydrogens (tertiary/aromatic N) is 2. The highest BCUT2D eigenvalue weighted by Gasteiger charge is 2.07. The van der Waals surface area contributed by atoms with Crippen LogP contribution >= 0.6 is 0 Å². The summed E-state index contributed by atoms with van der Waals surface area (Å²) in [4.78, 5) is 11.3. The van der Waals surface area contributed by atoms with Crippen molar-refractivity contribution in [3.8, 4) is 0 Å². The van der Waals surface area contributed by atoms with E-state index in [1.165, 1.54) is 0 Å². The second-order valence-electron chi connectivity index (χ2n) is 3.54. The molecule has 0 saturated heterocycles. The maximum Gasteiger partial charge on any atom is 0.322 e. The van der Waals surface area contributed by atoms with Crippen molar-refractivity contribution in [2.24, 2.45) is 5.73 Å². The van der Waals surface area contributed by atoms with E-state index in [1.807, 2.05) is 6.92 Å². The van der Waals surface area contributed by atoms with Crippen LogP contribution in [0.25, 0.3) is 0 Å². The zero-order valence-electron chi connectivity index (χ0n) is 8.99. The Labute approximate surface area is 88.2 Å². The van der Waals surface area contributed by atoms with E-state index in [1.54, 1.807) is 6.92 Å². The molecule has 15 heavy (non-hydrogen) atoms. The first-order chi connectivity index (χ1) is 7.08. The average molecular weight is 212 g/mol. The van der Waals surface area contributed by atoms with Crippen LogP contribution in [0.5, 0.6) is 0 Å². The molecule has 84 valence electrons. The van der Waals surface area contributed by atoms with Crippen molar-refractivity contribution in [3.05, 3.63) is 5.89 Å². The molecule has 0 aliphatic rings. The summed E-state index contributed by atoms with van der Waals surface area (Å²) in [6.45, 7) is 3.58. The Morgan fingerprint density at radius 1 is 1.60 bits per heavy atom. The molecule has 1 heterocycles. The van der Waals surface area contributed by atoms with Gasteiger partial charge in [-0.2, -0.15) is 0 Å². The molecule has 1 aromatic rings. The van der Waals surface area contributed by atoms with Gasteiger partial charge < -0.3 is 10.2 Å². The van der Waals surface area contributed by atoms with Crippen molar-refractivity contribution < 1.29 is 9.21 Å². The van der Waals surface area contributed by atoms with Gasteiger partial charge in [0, 0.05) is 19.4 Å². The molecule has 3 N–H and O–H groups in total. The van der Waals surface area contributed by atoms with Gasteiger partial charge in [0.25, 0.3) is 0 Å². The summed E-state index contributed by atoms with van der Waals surface area (Å²) in [7, 11) is 0. The van der Waals surface area contributed by atoms with Crippen molar-refractivity contribution in [2.75, 3.05) is 5.32 Å². The van der Waals surface area contributed by atoms with Gasteiger partial charge in [-0.15, -0.1) is 5.10 Å². The lowest BCUT2D eigenvalue weighted by Crippen LogP contribution is -2.16. The van der Waals surface area contributed by atoms with Crippen LogP contribution in [-0.2, 0) is 4.79 Å². The highest BCUT2D eigenvalue weighted by Crippen LogP contribution is 2.06. The fraction of sp³-hybridized carbons (Fsp3) is 0.667. The standard InChI is InChI=1S/C9H16N4O2/c1-6(10)4-3-5-8(14)11-9-13-12-7(2)15-9/h6H,3-5,10H2,1-2H3,(H,11,13,14). The molecule has 0 bridgehead atoms. The Balaban J connectivity index is 2.24. The molecule has 1 unspecified atom stereocenters. The first kappa shape index (κ1) is 11.6. The van der Waals surface area contributed by atoms with Crippen LogP contribution in [0.4, 0.5) is 6.01 Å². The number of hydrogen-bond acceptors (Lipinski definition) is 5. The molecule has 6 nitrogen and oxygen atoms in total. The molecular formula is C9H16N4O2. The van der Waals surface area contributed by atoms with Crippen molar-refractivity contribution in [1.82, 2.24) is 10.2 Å². The van der Waals surface area contributed by atoms with E-state index in [4.69, 9.17) is 10.2 Å². The van der Waals surface area contributed by atoms with Crippen LogP contribution in [0.2, 0.25) is 0 Å².